The van der Waals surface area contributed by atoms with E-state index in [0.29, 0.717) is 27.3 Å². The maximum atomic E-state index is 12.2. The highest BCUT2D eigenvalue weighted by molar-refractivity contribution is 7.98. The van der Waals surface area contributed by atoms with Gasteiger partial charge in [0.05, 0.1) is 18.5 Å². The van der Waals surface area contributed by atoms with Gasteiger partial charge in [0.1, 0.15) is 5.75 Å². The zero-order valence-electron chi connectivity index (χ0n) is 14.3. The number of carbonyl (C=O) groups is 1. The van der Waals surface area contributed by atoms with Gasteiger partial charge >= 0.3 is 0 Å². The molecule has 0 bridgehead atoms. The van der Waals surface area contributed by atoms with Gasteiger partial charge in [-0.3, -0.25) is 9.69 Å². The number of rotatable bonds is 6. The van der Waals surface area contributed by atoms with Gasteiger partial charge in [-0.2, -0.15) is 4.73 Å². The first-order chi connectivity index (χ1) is 12.6. The Balaban J connectivity index is 1.82. The summed E-state index contributed by atoms with van der Waals surface area (Å²) in [7, 11) is 1.57. The molecular weight excluding hydrogens is 370 g/mol. The number of para-hydroxylation sites is 2. The monoisotopic (exact) mass is 387 g/mol. The number of benzene rings is 1. The van der Waals surface area contributed by atoms with E-state index in [2.05, 4.69) is 4.98 Å². The van der Waals surface area contributed by atoms with E-state index in [9.17, 15) is 10.0 Å². The number of carbonyl (C=O) groups excluding carboxylic acids is 1. The standard InChI is InChI=1S/C18H17N3O3S2/c1-13(22)21(15-7-3-4-8-16(15)24-2)18-19-14(12-26-18)11-25-17-9-5-6-10-20(17)23/h3-10,12H,11H2,1-2H3. The SMILES string of the molecule is COc1ccccc1N(C(C)=O)c1nc(CSc2cccc[n+]2[O-])cs1. The maximum absolute atomic E-state index is 12.2. The molecule has 134 valence electrons. The molecule has 0 saturated carbocycles. The highest BCUT2D eigenvalue weighted by Crippen LogP contribution is 2.36. The van der Waals surface area contributed by atoms with Crippen molar-refractivity contribution in [1.82, 2.24) is 4.98 Å². The fourth-order valence-corrected chi connectivity index (χ4v) is 4.15. The molecule has 1 amide bonds. The first kappa shape index (κ1) is 18.2. The number of aromatic nitrogens is 2. The predicted octanol–water partition coefficient (Wildman–Crippen LogP) is 3.76. The summed E-state index contributed by atoms with van der Waals surface area (Å²) in [4.78, 5) is 18.3. The molecule has 0 saturated heterocycles. The van der Waals surface area contributed by atoms with E-state index in [1.807, 2.05) is 29.6 Å². The lowest BCUT2D eigenvalue weighted by atomic mass is 10.2. The van der Waals surface area contributed by atoms with Crippen LogP contribution in [0.5, 0.6) is 5.75 Å². The van der Waals surface area contributed by atoms with Gasteiger partial charge in [-0.25, -0.2) is 4.98 Å². The fraction of sp³-hybridized carbons (Fsp3) is 0.167. The minimum absolute atomic E-state index is 0.150. The summed E-state index contributed by atoms with van der Waals surface area (Å²) in [5.74, 6) is 0.995. The third-order valence-electron chi connectivity index (χ3n) is 3.53. The van der Waals surface area contributed by atoms with Gasteiger partial charge in [-0.15, -0.1) is 11.3 Å². The van der Waals surface area contributed by atoms with E-state index in [0.717, 1.165) is 10.4 Å². The smallest absolute Gasteiger partial charge is 0.251 e. The van der Waals surface area contributed by atoms with Crippen LogP contribution in [0.4, 0.5) is 10.8 Å². The number of thiazole rings is 1. The van der Waals surface area contributed by atoms with Crippen molar-refractivity contribution >= 4 is 39.8 Å². The molecule has 0 N–H and O–H groups in total. The largest absolute Gasteiger partial charge is 0.618 e. The Morgan fingerprint density at radius 2 is 2.08 bits per heavy atom. The zero-order chi connectivity index (χ0) is 18.5. The third kappa shape index (κ3) is 3.97. The number of methoxy groups -OCH3 is 1. The molecule has 0 aliphatic carbocycles. The lowest BCUT2D eigenvalue weighted by molar-refractivity contribution is -0.645. The summed E-state index contributed by atoms with van der Waals surface area (Å²) in [6, 6.07) is 12.6. The minimum atomic E-state index is -0.150. The van der Waals surface area contributed by atoms with Crippen LogP contribution in [-0.2, 0) is 10.5 Å². The van der Waals surface area contributed by atoms with Gasteiger partial charge in [-0.05, 0) is 30.0 Å². The van der Waals surface area contributed by atoms with Gasteiger partial charge < -0.3 is 9.94 Å². The van der Waals surface area contributed by atoms with Crippen molar-refractivity contribution in [2.24, 2.45) is 0 Å². The van der Waals surface area contributed by atoms with Crippen molar-refractivity contribution in [2.75, 3.05) is 12.0 Å². The molecular formula is C18H17N3O3S2. The molecule has 1 aromatic carbocycles. The molecule has 2 aromatic heterocycles. The zero-order valence-corrected chi connectivity index (χ0v) is 15.9. The summed E-state index contributed by atoms with van der Waals surface area (Å²) in [5, 5.41) is 14.8. The Hall–Kier alpha value is -2.58. The summed E-state index contributed by atoms with van der Waals surface area (Å²) < 4.78 is 6.19. The summed E-state index contributed by atoms with van der Waals surface area (Å²) in [6.07, 6.45) is 1.47. The average Bonchev–Trinajstić information content (AvgIpc) is 3.10. The average molecular weight is 387 g/mol. The van der Waals surface area contributed by atoms with E-state index >= 15 is 0 Å². The number of hydrogen-bond acceptors (Lipinski definition) is 6. The number of nitrogens with zero attached hydrogens (tertiary/aromatic N) is 3. The van der Waals surface area contributed by atoms with Gasteiger partial charge in [0, 0.05) is 30.2 Å². The third-order valence-corrected chi connectivity index (χ3v) is 5.45. The van der Waals surface area contributed by atoms with E-state index in [-0.39, 0.29) is 5.91 Å². The molecule has 6 nitrogen and oxygen atoms in total. The second-order valence-corrected chi connectivity index (χ2v) is 7.13. The normalized spacial score (nSPS) is 10.5. The molecule has 26 heavy (non-hydrogen) atoms. The minimum Gasteiger partial charge on any atom is -0.618 e. The number of hydrogen-bond donors (Lipinski definition) is 0. The van der Waals surface area contributed by atoms with Gasteiger partial charge in [0.2, 0.25) is 5.91 Å². The van der Waals surface area contributed by atoms with Crippen LogP contribution >= 0.6 is 23.1 Å². The van der Waals surface area contributed by atoms with Gasteiger partial charge in [-0.1, -0.05) is 12.1 Å². The Morgan fingerprint density at radius 1 is 1.31 bits per heavy atom. The second kappa shape index (κ2) is 8.20. The van der Waals surface area contributed by atoms with E-state index in [4.69, 9.17) is 4.74 Å². The van der Waals surface area contributed by atoms with Gasteiger partial charge in [0.15, 0.2) is 11.3 Å². The lowest BCUT2D eigenvalue weighted by Crippen LogP contribution is -2.27. The molecule has 0 unspecified atom stereocenters. The Bertz CT molecular complexity index is 914. The quantitative estimate of drug-likeness (QED) is 0.366. The molecule has 3 rings (SSSR count). The van der Waals surface area contributed by atoms with Crippen LogP contribution in [-0.4, -0.2) is 18.0 Å². The Morgan fingerprint density at radius 3 is 2.81 bits per heavy atom. The predicted molar refractivity (Wildman–Crippen MR) is 103 cm³/mol. The molecule has 0 aliphatic heterocycles. The number of anilines is 2. The van der Waals surface area contributed by atoms with Crippen LogP contribution in [0.3, 0.4) is 0 Å². The van der Waals surface area contributed by atoms with Crippen molar-refractivity contribution in [3.63, 3.8) is 0 Å². The van der Waals surface area contributed by atoms with Crippen LogP contribution in [0.25, 0.3) is 0 Å². The summed E-state index contributed by atoms with van der Waals surface area (Å²) >= 11 is 2.78. The topological polar surface area (TPSA) is 69.4 Å². The number of amides is 1. The highest BCUT2D eigenvalue weighted by atomic mass is 32.2. The summed E-state index contributed by atoms with van der Waals surface area (Å²) in [6.45, 7) is 1.49. The highest BCUT2D eigenvalue weighted by Gasteiger charge is 2.21. The van der Waals surface area contributed by atoms with Crippen LogP contribution in [0.2, 0.25) is 0 Å². The molecule has 8 heteroatoms. The van der Waals surface area contributed by atoms with Crippen molar-refractivity contribution in [1.29, 1.82) is 0 Å². The Labute approximate surface area is 159 Å². The van der Waals surface area contributed by atoms with Crippen LogP contribution < -0.4 is 14.4 Å². The lowest BCUT2D eigenvalue weighted by Gasteiger charge is -2.20. The number of thioether (sulfide) groups is 1. The second-order valence-electron chi connectivity index (χ2n) is 5.30. The summed E-state index contributed by atoms with van der Waals surface area (Å²) in [5.41, 5.74) is 1.46. The van der Waals surface area contributed by atoms with Crippen molar-refractivity contribution in [2.45, 2.75) is 17.7 Å². The molecule has 0 radical (unpaired) electrons. The molecule has 3 aromatic rings. The van der Waals surface area contributed by atoms with Gasteiger partial charge in [0.25, 0.3) is 5.03 Å². The van der Waals surface area contributed by atoms with E-state index in [1.165, 1.54) is 41.1 Å². The first-order valence-electron chi connectivity index (χ1n) is 7.79. The molecule has 0 spiro atoms. The maximum Gasteiger partial charge on any atom is 0.251 e. The van der Waals surface area contributed by atoms with Crippen molar-refractivity contribution < 1.29 is 14.3 Å². The van der Waals surface area contributed by atoms with Crippen LogP contribution in [0, 0.1) is 5.21 Å². The number of ether oxygens (including phenoxy) is 1. The molecule has 0 fully saturated rings. The molecule has 0 atom stereocenters. The van der Waals surface area contributed by atoms with Crippen molar-refractivity contribution in [3.8, 4) is 5.75 Å². The van der Waals surface area contributed by atoms with Crippen LogP contribution in [0.15, 0.2) is 59.1 Å². The van der Waals surface area contributed by atoms with E-state index in [1.54, 1.807) is 25.3 Å². The van der Waals surface area contributed by atoms with E-state index < -0.39 is 0 Å². The first-order valence-corrected chi connectivity index (χ1v) is 9.66. The van der Waals surface area contributed by atoms with Crippen molar-refractivity contribution in [3.05, 3.63) is 64.9 Å². The van der Waals surface area contributed by atoms with Crippen LogP contribution in [0.1, 0.15) is 12.6 Å². The molecule has 2 heterocycles. The number of pyridine rings is 1. The fourth-order valence-electron chi connectivity index (χ4n) is 2.36. The molecule has 0 aliphatic rings. The Kier molecular flexibility index (Phi) is 5.75.